The number of aryl methyl sites for hydroxylation is 2. The summed E-state index contributed by atoms with van der Waals surface area (Å²) < 4.78 is 0. The van der Waals surface area contributed by atoms with Gasteiger partial charge < -0.3 is 4.90 Å². The van der Waals surface area contributed by atoms with Crippen LogP contribution in [0, 0.1) is 13.8 Å². The fourth-order valence-electron chi connectivity index (χ4n) is 4.01. The number of para-hydroxylation sites is 1. The summed E-state index contributed by atoms with van der Waals surface area (Å²) in [5.41, 5.74) is 5.71. The fraction of sp³-hybridized carbons (Fsp3) is 0.154. The summed E-state index contributed by atoms with van der Waals surface area (Å²) in [6.07, 6.45) is 0. The standard InChI is InChI=1S/C26H22N4O2S/c1-17-12-13-18(2)22(14-17)30-23(31)16-33-26(30)28-27-24-20-10-6-7-11-21(20)29(25(24)32)15-19-8-4-3-5-9-19/h3-14H,15-16H2,1-2H3/b27-24-,28-26+. The van der Waals surface area contributed by atoms with E-state index < -0.39 is 0 Å². The molecule has 3 aromatic carbocycles. The average molecular weight is 455 g/mol. The highest BCUT2D eigenvalue weighted by molar-refractivity contribution is 8.15. The zero-order chi connectivity index (χ0) is 22.9. The van der Waals surface area contributed by atoms with Gasteiger partial charge in [0.25, 0.3) is 5.91 Å². The van der Waals surface area contributed by atoms with Crippen molar-refractivity contribution in [3.05, 3.63) is 95.1 Å². The van der Waals surface area contributed by atoms with Crippen molar-refractivity contribution in [3.8, 4) is 0 Å². The summed E-state index contributed by atoms with van der Waals surface area (Å²) >= 11 is 1.33. The van der Waals surface area contributed by atoms with Crippen LogP contribution in [-0.2, 0) is 16.1 Å². The minimum Gasteiger partial charge on any atom is -0.302 e. The molecule has 2 amide bonds. The lowest BCUT2D eigenvalue weighted by Gasteiger charge is -2.18. The number of anilines is 2. The van der Waals surface area contributed by atoms with Gasteiger partial charge in [-0.2, -0.15) is 0 Å². The van der Waals surface area contributed by atoms with Gasteiger partial charge in [0.2, 0.25) is 5.91 Å². The molecule has 1 fully saturated rings. The molecule has 6 nitrogen and oxygen atoms in total. The molecule has 2 aliphatic rings. The number of benzene rings is 3. The smallest absolute Gasteiger partial charge is 0.279 e. The normalized spacial score (nSPS) is 18.0. The highest BCUT2D eigenvalue weighted by Crippen LogP contribution is 2.32. The van der Waals surface area contributed by atoms with Crippen molar-refractivity contribution >= 4 is 45.8 Å². The topological polar surface area (TPSA) is 65.3 Å². The van der Waals surface area contributed by atoms with Gasteiger partial charge in [-0.1, -0.05) is 72.4 Å². The molecule has 0 aliphatic carbocycles. The van der Waals surface area contributed by atoms with Gasteiger partial charge in [-0.3, -0.25) is 14.5 Å². The molecular weight excluding hydrogens is 432 g/mol. The minimum atomic E-state index is -0.197. The Labute approximate surface area is 196 Å². The third-order valence-corrected chi connectivity index (χ3v) is 6.60. The molecule has 1 saturated heterocycles. The van der Waals surface area contributed by atoms with E-state index in [0.29, 0.717) is 17.5 Å². The van der Waals surface area contributed by atoms with Crippen LogP contribution < -0.4 is 9.80 Å². The van der Waals surface area contributed by atoms with Crippen LogP contribution in [0.4, 0.5) is 11.4 Å². The second-order valence-corrected chi connectivity index (χ2v) is 8.98. The number of hydrogen-bond acceptors (Lipinski definition) is 5. The van der Waals surface area contributed by atoms with Gasteiger partial charge in [0.05, 0.1) is 23.7 Å². The number of nitrogens with zero attached hydrogens (tertiary/aromatic N) is 4. The largest absolute Gasteiger partial charge is 0.302 e. The van der Waals surface area contributed by atoms with E-state index in [1.54, 1.807) is 9.80 Å². The number of hydrogen-bond donors (Lipinski definition) is 0. The van der Waals surface area contributed by atoms with E-state index in [2.05, 4.69) is 10.2 Å². The van der Waals surface area contributed by atoms with Gasteiger partial charge in [-0.25, -0.2) is 0 Å². The summed E-state index contributed by atoms with van der Waals surface area (Å²) in [7, 11) is 0. The zero-order valence-electron chi connectivity index (χ0n) is 18.4. The lowest BCUT2D eigenvalue weighted by Crippen LogP contribution is -2.30. The van der Waals surface area contributed by atoms with Crippen molar-refractivity contribution in [2.24, 2.45) is 10.2 Å². The van der Waals surface area contributed by atoms with Crippen LogP contribution in [0.5, 0.6) is 0 Å². The number of carbonyl (C=O) groups excluding carboxylic acids is 2. The minimum absolute atomic E-state index is 0.0449. The number of amidine groups is 1. The molecule has 0 bridgehead atoms. The van der Waals surface area contributed by atoms with Crippen molar-refractivity contribution in [2.75, 3.05) is 15.6 Å². The van der Waals surface area contributed by atoms with E-state index in [1.165, 1.54) is 11.8 Å². The van der Waals surface area contributed by atoms with Crippen LogP contribution in [0.25, 0.3) is 0 Å². The molecule has 3 aromatic rings. The molecule has 0 saturated carbocycles. The lowest BCUT2D eigenvalue weighted by molar-refractivity contribution is -0.115. The number of thioether (sulfide) groups is 1. The third-order valence-electron chi connectivity index (χ3n) is 5.69. The predicted molar refractivity (Wildman–Crippen MR) is 134 cm³/mol. The SMILES string of the molecule is Cc1ccc(C)c(N2C(=O)CS/C2=N/N=C2\C(=O)N(Cc3ccccc3)c3ccccc32)c1. The van der Waals surface area contributed by atoms with Crippen molar-refractivity contribution in [2.45, 2.75) is 20.4 Å². The van der Waals surface area contributed by atoms with E-state index in [1.807, 2.05) is 86.6 Å². The summed E-state index contributed by atoms with van der Waals surface area (Å²) in [5, 5.41) is 9.26. The second-order valence-electron chi connectivity index (χ2n) is 8.03. The molecule has 0 unspecified atom stereocenters. The Balaban J connectivity index is 1.51. The van der Waals surface area contributed by atoms with Crippen molar-refractivity contribution in [1.29, 1.82) is 0 Å². The summed E-state index contributed by atoms with van der Waals surface area (Å²) in [6.45, 7) is 4.41. The van der Waals surface area contributed by atoms with E-state index in [9.17, 15) is 9.59 Å². The summed E-state index contributed by atoms with van der Waals surface area (Å²) in [4.78, 5) is 29.3. The van der Waals surface area contributed by atoms with Crippen molar-refractivity contribution in [3.63, 3.8) is 0 Å². The molecule has 5 rings (SSSR count). The second kappa shape index (κ2) is 8.67. The average Bonchev–Trinajstić information content (AvgIpc) is 3.32. The molecule has 0 radical (unpaired) electrons. The Hall–Kier alpha value is -3.71. The van der Waals surface area contributed by atoms with Crippen LogP contribution in [0.2, 0.25) is 0 Å². The van der Waals surface area contributed by atoms with E-state index in [0.717, 1.165) is 33.6 Å². The van der Waals surface area contributed by atoms with E-state index >= 15 is 0 Å². The summed E-state index contributed by atoms with van der Waals surface area (Å²) in [6, 6.07) is 23.4. The van der Waals surface area contributed by atoms with Gasteiger partial charge in [-0.05, 0) is 42.7 Å². The Bertz CT molecular complexity index is 1320. The third kappa shape index (κ3) is 3.96. The molecule has 0 spiro atoms. The van der Waals surface area contributed by atoms with Gasteiger partial charge in [-0.15, -0.1) is 10.2 Å². The van der Waals surface area contributed by atoms with E-state index in [-0.39, 0.29) is 17.5 Å². The highest BCUT2D eigenvalue weighted by Gasteiger charge is 2.35. The maximum Gasteiger partial charge on any atom is 0.279 e. The first kappa shape index (κ1) is 21.2. The molecule has 0 N–H and O–H groups in total. The van der Waals surface area contributed by atoms with Gasteiger partial charge in [0, 0.05) is 5.56 Å². The first-order valence-corrected chi connectivity index (χ1v) is 11.7. The van der Waals surface area contributed by atoms with E-state index in [4.69, 9.17) is 0 Å². The van der Waals surface area contributed by atoms with Crippen LogP contribution in [0.1, 0.15) is 22.3 Å². The van der Waals surface area contributed by atoms with Gasteiger partial charge in [0.15, 0.2) is 10.9 Å². The molecule has 0 aromatic heterocycles. The summed E-state index contributed by atoms with van der Waals surface area (Å²) in [5.74, 6) is 0.0513. The first-order valence-electron chi connectivity index (χ1n) is 10.7. The maximum atomic E-state index is 13.3. The van der Waals surface area contributed by atoms with Crippen LogP contribution in [-0.4, -0.2) is 28.4 Å². The van der Waals surface area contributed by atoms with Gasteiger partial charge >= 0.3 is 0 Å². The molecule has 33 heavy (non-hydrogen) atoms. The molecule has 164 valence electrons. The highest BCUT2D eigenvalue weighted by atomic mass is 32.2. The molecule has 7 heteroatoms. The monoisotopic (exact) mass is 454 g/mol. The Morgan fingerprint density at radius 3 is 2.45 bits per heavy atom. The number of fused-ring (bicyclic) bond motifs is 1. The number of amides is 2. The van der Waals surface area contributed by atoms with Crippen LogP contribution in [0.15, 0.2) is 83.0 Å². The molecule has 2 heterocycles. The zero-order valence-corrected chi connectivity index (χ0v) is 19.2. The fourth-order valence-corrected chi connectivity index (χ4v) is 4.82. The Morgan fingerprint density at radius 2 is 1.64 bits per heavy atom. The molecule has 0 atom stereocenters. The van der Waals surface area contributed by atoms with Crippen molar-refractivity contribution in [1.82, 2.24) is 0 Å². The maximum absolute atomic E-state index is 13.3. The first-order chi connectivity index (χ1) is 16.0. The van der Waals surface area contributed by atoms with Crippen LogP contribution >= 0.6 is 11.8 Å². The molecule has 2 aliphatic heterocycles. The predicted octanol–water partition coefficient (Wildman–Crippen LogP) is 4.69. The lowest BCUT2D eigenvalue weighted by atomic mass is 10.1. The van der Waals surface area contributed by atoms with Crippen LogP contribution in [0.3, 0.4) is 0 Å². The quantitative estimate of drug-likeness (QED) is 0.537. The Morgan fingerprint density at radius 1 is 0.879 bits per heavy atom. The Kier molecular flexibility index (Phi) is 5.56. The molecular formula is C26H22N4O2S. The number of rotatable bonds is 4. The van der Waals surface area contributed by atoms with Crippen molar-refractivity contribution < 1.29 is 9.59 Å². The van der Waals surface area contributed by atoms with Gasteiger partial charge in [0.1, 0.15) is 0 Å². The number of carbonyl (C=O) groups is 2.